The number of para-hydroxylation sites is 1. The molecule has 0 amide bonds. The van der Waals surface area contributed by atoms with Crippen molar-refractivity contribution >= 4 is 16.7 Å². The second kappa shape index (κ2) is 4.89. The Bertz CT molecular complexity index is 775. The van der Waals surface area contributed by atoms with Gasteiger partial charge in [0, 0.05) is 29.8 Å². The van der Waals surface area contributed by atoms with E-state index in [2.05, 4.69) is 38.5 Å². The van der Waals surface area contributed by atoms with Crippen molar-refractivity contribution in [3.63, 3.8) is 0 Å². The molecule has 0 saturated heterocycles. The maximum atomic E-state index is 4.61. The van der Waals surface area contributed by atoms with Crippen molar-refractivity contribution in [3.05, 3.63) is 47.9 Å². The normalized spacial score (nSPS) is 10.8. The summed E-state index contributed by atoms with van der Waals surface area (Å²) in [5.41, 5.74) is 3.99. The molecule has 2 heterocycles. The van der Waals surface area contributed by atoms with E-state index in [1.807, 2.05) is 39.2 Å². The molecule has 1 aromatic carbocycles. The van der Waals surface area contributed by atoms with Gasteiger partial charge in [0.15, 0.2) is 0 Å². The van der Waals surface area contributed by atoms with Crippen LogP contribution in [-0.4, -0.2) is 22.0 Å². The molecule has 2 aromatic heterocycles. The molecule has 0 atom stereocenters. The van der Waals surface area contributed by atoms with Crippen molar-refractivity contribution in [2.75, 3.05) is 12.4 Å². The van der Waals surface area contributed by atoms with E-state index in [4.69, 9.17) is 0 Å². The van der Waals surface area contributed by atoms with Crippen molar-refractivity contribution in [2.45, 2.75) is 13.8 Å². The molecule has 4 nitrogen and oxygen atoms in total. The molecule has 0 bridgehead atoms. The molecule has 100 valence electrons. The van der Waals surface area contributed by atoms with Crippen LogP contribution in [0.15, 0.2) is 36.5 Å². The quantitative estimate of drug-likeness (QED) is 0.771. The van der Waals surface area contributed by atoms with Gasteiger partial charge in [-0.1, -0.05) is 24.3 Å². The largest absolute Gasteiger partial charge is 0.373 e. The van der Waals surface area contributed by atoms with Gasteiger partial charge in [0.05, 0.1) is 11.2 Å². The van der Waals surface area contributed by atoms with Gasteiger partial charge in [0.1, 0.15) is 11.6 Å². The van der Waals surface area contributed by atoms with E-state index >= 15 is 0 Å². The van der Waals surface area contributed by atoms with Crippen molar-refractivity contribution in [3.8, 4) is 11.3 Å². The molecular weight excluding hydrogens is 248 g/mol. The van der Waals surface area contributed by atoms with Gasteiger partial charge in [0.2, 0.25) is 0 Å². The standard InChI is InChI=1S/C16H16N4/c1-10-14(19-11(2)20-16(10)17-3)13-8-4-6-12-7-5-9-18-15(12)13/h4-9H,1-3H3,(H,17,19,20). The van der Waals surface area contributed by atoms with Crippen molar-refractivity contribution in [2.24, 2.45) is 0 Å². The Morgan fingerprint density at radius 1 is 1.00 bits per heavy atom. The highest BCUT2D eigenvalue weighted by molar-refractivity contribution is 5.93. The summed E-state index contributed by atoms with van der Waals surface area (Å²) in [6.45, 7) is 3.94. The molecule has 3 rings (SSSR count). The summed E-state index contributed by atoms with van der Waals surface area (Å²) in [5, 5.41) is 4.24. The zero-order chi connectivity index (χ0) is 14.1. The molecule has 0 unspecified atom stereocenters. The average molecular weight is 264 g/mol. The first kappa shape index (κ1) is 12.5. The minimum Gasteiger partial charge on any atom is -0.373 e. The predicted molar refractivity (Wildman–Crippen MR) is 81.8 cm³/mol. The smallest absolute Gasteiger partial charge is 0.132 e. The molecule has 0 fully saturated rings. The number of benzene rings is 1. The summed E-state index contributed by atoms with van der Waals surface area (Å²) in [6, 6.07) is 10.2. The Morgan fingerprint density at radius 2 is 1.80 bits per heavy atom. The Labute approximate surface area is 117 Å². The topological polar surface area (TPSA) is 50.7 Å². The van der Waals surface area contributed by atoms with Crippen molar-refractivity contribution in [1.29, 1.82) is 0 Å². The van der Waals surface area contributed by atoms with Crippen LogP contribution in [-0.2, 0) is 0 Å². The van der Waals surface area contributed by atoms with Gasteiger partial charge in [-0.2, -0.15) is 0 Å². The summed E-state index contributed by atoms with van der Waals surface area (Å²) < 4.78 is 0. The zero-order valence-electron chi connectivity index (χ0n) is 11.8. The van der Waals surface area contributed by atoms with Gasteiger partial charge >= 0.3 is 0 Å². The van der Waals surface area contributed by atoms with E-state index in [0.29, 0.717) is 0 Å². The van der Waals surface area contributed by atoms with Crippen molar-refractivity contribution in [1.82, 2.24) is 15.0 Å². The van der Waals surface area contributed by atoms with Crippen molar-refractivity contribution < 1.29 is 0 Å². The van der Waals surface area contributed by atoms with Gasteiger partial charge in [-0.25, -0.2) is 9.97 Å². The van der Waals surface area contributed by atoms with Crippen LogP contribution in [0, 0.1) is 13.8 Å². The van der Waals surface area contributed by atoms with Crippen LogP contribution < -0.4 is 5.32 Å². The average Bonchev–Trinajstić information content (AvgIpc) is 2.48. The van der Waals surface area contributed by atoms with E-state index in [-0.39, 0.29) is 0 Å². The van der Waals surface area contributed by atoms with E-state index in [1.54, 1.807) is 0 Å². The summed E-state index contributed by atoms with van der Waals surface area (Å²) in [4.78, 5) is 13.5. The van der Waals surface area contributed by atoms with Gasteiger partial charge < -0.3 is 5.32 Å². The Hall–Kier alpha value is -2.49. The monoisotopic (exact) mass is 264 g/mol. The molecule has 1 N–H and O–H groups in total. The lowest BCUT2D eigenvalue weighted by molar-refractivity contribution is 1.04. The Balaban J connectivity index is 2.34. The van der Waals surface area contributed by atoms with Gasteiger partial charge in [-0.15, -0.1) is 0 Å². The number of hydrogen-bond donors (Lipinski definition) is 1. The molecule has 0 aliphatic rings. The van der Waals surface area contributed by atoms with Crippen LogP contribution in [0.1, 0.15) is 11.4 Å². The second-order valence-corrected chi connectivity index (χ2v) is 4.72. The molecule has 0 aliphatic carbocycles. The van der Waals surface area contributed by atoms with Crippen LogP contribution in [0.2, 0.25) is 0 Å². The second-order valence-electron chi connectivity index (χ2n) is 4.72. The molecule has 0 radical (unpaired) electrons. The maximum Gasteiger partial charge on any atom is 0.132 e. The van der Waals surface area contributed by atoms with Crippen LogP contribution in [0.25, 0.3) is 22.2 Å². The number of pyridine rings is 1. The van der Waals surface area contributed by atoms with Crippen LogP contribution >= 0.6 is 0 Å². The zero-order valence-corrected chi connectivity index (χ0v) is 11.8. The third-order valence-electron chi connectivity index (χ3n) is 3.38. The van der Waals surface area contributed by atoms with E-state index < -0.39 is 0 Å². The first-order valence-corrected chi connectivity index (χ1v) is 6.58. The number of nitrogens with one attached hydrogen (secondary N) is 1. The minimum atomic E-state index is 0.753. The lowest BCUT2D eigenvalue weighted by Gasteiger charge is -2.12. The lowest BCUT2D eigenvalue weighted by atomic mass is 10.0. The number of rotatable bonds is 2. The number of hydrogen-bond acceptors (Lipinski definition) is 4. The number of nitrogens with zero attached hydrogens (tertiary/aromatic N) is 3. The number of fused-ring (bicyclic) bond motifs is 1. The molecule has 3 aromatic rings. The Morgan fingerprint density at radius 3 is 2.60 bits per heavy atom. The fourth-order valence-electron chi connectivity index (χ4n) is 2.43. The SMILES string of the molecule is CNc1nc(C)nc(-c2cccc3cccnc23)c1C. The van der Waals surface area contributed by atoms with E-state index in [9.17, 15) is 0 Å². The Kier molecular flexibility index (Phi) is 3.06. The maximum absolute atomic E-state index is 4.61. The molecule has 0 saturated carbocycles. The third-order valence-corrected chi connectivity index (χ3v) is 3.38. The van der Waals surface area contributed by atoms with E-state index in [0.717, 1.165) is 39.4 Å². The first-order valence-electron chi connectivity index (χ1n) is 6.58. The first-order chi connectivity index (χ1) is 9.70. The molecule has 0 spiro atoms. The summed E-state index contributed by atoms with van der Waals surface area (Å²) in [6.07, 6.45) is 1.81. The highest BCUT2D eigenvalue weighted by atomic mass is 15.0. The molecule has 4 heteroatoms. The lowest BCUT2D eigenvalue weighted by Crippen LogP contribution is -2.03. The summed E-state index contributed by atoms with van der Waals surface area (Å²) >= 11 is 0. The van der Waals surface area contributed by atoms with E-state index in [1.165, 1.54) is 0 Å². The summed E-state index contributed by atoms with van der Waals surface area (Å²) in [7, 11) is 1.87. The van der Waals surface area contributed by atoms with Crippen LogP contribution in [0.3, 0.4) is 0 Å². The fraction of sp³-hybridized carbons (Fsp3) is 0.188. The summed E-state index contributed by atoms with van der Waals surface area (Å²) in [5.74, 6) is 1.61. The third kappa shape index (κ3) is 1.99. The molecular formula is C16H16N4. The minimum absolute atomic E-state index is 0.753. The van der Waals surface area contributed by atoms with Gasteiger partial charge in [-0.3, -0.25) is 4.98 Å². The van der Waals surface area contributed by atoms with Gasteiger partial charge in [0.25, 0.3) is 0 Å². The number of anilines is 1. The van der Waals surface area contributed by atoms with Gasteiger partial charge in [-0.05, 0) is 19.9 Å². The van der Waals surface area contributed by atoms with Crippen LogP contribution in [0.4, 0.5) is 5.82 Å². The number of aromatic nitrogens is 3. The fourth-order valence-corrected chi connectivity index (χ4v) is 2.43. The highest BCUT2D eigenvalue weighted by Gasteiger charge is 2.13. The van der Waals surface area contributed by atoms with Crippen LogP contribution in [0.5, 0.6) is 0 Å². The number of aryl methyl sites for hydroxylation is 1. The highest BCUT2D eigenvalue weighted by Crippen LogP contribution is 2.30. The molecule has 0 aliphatic heterocycles. The molecule has 20 heavy (non-hydrogen) atoms. The predicted octanol–water partition coefficient (Wildman–Crippen LogP) is 3.35.